The molecule has 106 valence electrons. The Kier molecular flexibility index (Phi) is 3.57. The van der Waals surface area contributed by atoms with E-state index >= 15 is 0 Å². The molecule has 4 nitrogen and oxygen atoms in total. The molecule has 20 heavy (non-hydrogen) atoms. The molecule has 0 N–H and O–H groups in total. The quantitative estimate of drug-likeness (QED) is 0.789. The first-order valence-corrected chi connectivity index (χ1v) is 7.16. The molecule has 3 atom stereocenters. The third-order valence-electron chi connectivity index (χ3n) is 4.30. The molecule has 2 aliphatic rings. The summed E-state index contributed by atoms with van der Waals surface area (Å²) in [6, 6.07) is 2.12. The molecule has 4 heteroatoms. The monoisotopic (exact) mass is 272 g/mol. The lowest BCUT2D eigenvalue weighted by Gasteiger charge is -2.27. The topological polar surface area (TPSA) is 42.4 Å². The average Bonchev–Trinajstić information content (AvgIpc) is 3.01. The zero-order valence-electron chi connectivity index (χ0n) is 11.8. The van der Waals surface area contributed by atoms with E-state index < -0.39 is 0 Å². The Morgan fingerprint density at radius 1 is 1.55 bits per heavy atom. The van der Waals surface area contributed by atoms with E-state index in [-0.39, 0.29) is 18.1 Å². The van der Waals surface area contributed by atoms with Gasteiger partial charge in [-0.15, -0.1) is 6.58 Å². The maximum Gasteiger partial charge on any atom is 0.255 e. The van der Waals surface area contributed by atoms with Crippen LogP contribution < -0.4 is 0 Å². The molecule has 2 heterocycles. The minimum atomic E-state index is 0.0839. The maximum absolute atomic E-state index is 12.6. The Hall–Kier alpha value is -1.68. The van der Waals surface area contributed by atoms with Crippen LogP contribution in [0.5, 0.6) is 0 Å². The minimum Gasteiger partial charge on any atom is -0.372 e. The van der Waals surface area contributed by atoms with E-state index in [0.29, 0.717) is 18.1 Å². The van der Waals surface area contributed by atoms with Gasteiger partial charge >= 0.3 is 0 Å². The van der Waals surface area contributed by atoms with Crippen LogP contribution in [0.15, 0.2) is 31.1 Å². The summed E-state index contributed by atoms with van der Waals surface area (Å²) in [7, 11) is 0. The van der Waals surface area contributed by atoms with Crippen LogP contribution in [0.25, 0.3) is 0 Å². The van der Waals surface area contributed by atoms with Gasteiger partial charge in [-0.05, 0) is 31.4 Å². The average molecular weight is 272 g/mol. The largest absolute Gasteiger partial charge is 0.372 e. The molecule has 0 spiro atoms. The normalized spacial score (nSPS) is 27.9. The number of pyridine rings is 1. The lowest BCUT2D eigenvalue weighted by molar-refractivity contribution is 0.0408. The first kappa shape index (κ1) is 13.3. The van der Waals surface area contributed by atoms with Gasteiger partial charge in [-0.25, -0.2) is 0 Å². The predicted octanol–water partition coefficient (Wildman–Crippen LogP) is 2.20. The molecule has 1 aliphatic carbocycles. The molecule has 3 unspecified atom stereocenters. The fourth-order valence-electron chi connectivity index (χ4n) is 3.44. The van der Waals surface area contributed by atoms with Crippen LogP contribution in [0.2, 0.25) is 0 Å². The Balaban J connectivity index is 1.76. The van der Waals surface area contributed by atoms with Crippen LogP contribution in [0.1, 0.15) is 28.8 Å². The smallest absolute Gasteiger partial charge is 0.255 e. The highest BCUT2D eigenvalue weighted by Gasteiger charge is 2.49. The minimum absolute atomic E-state index is 0.0839. The summed E-state index contributed by atoms with van der Waals surface area (Å²) in [4.78, 5) is 18.7. The van der Waals surface area contributed by atoms with Gasteiger partial charge in [0.05, 0.1) is 24.3 Å². The number of hydrogen-bond acceptors (Lipinski definition) is 3. The number of aromatic nitrogens is 1. The highest BCUT2D eigenvalue weighted by molar-refractivity contribution is 5.94. The Morgan fingerprint density at radius 3 is 3.15 bits per heavy atom. The second-order valence-electron chi connectivity index (χ2n) is 5.70. The molecule has 1 saturated carbocycles. The van der Waals surface area contributed by atoms with Crippen LogP contribution >= 0.6 is 0 Å². The third-order valence-corrected chi connectivity index (χ3v) is 4.30. The van der Waals surface area contributed by atoms with Gasteiger partial charge in [-0.3, -0.25) is 9.78 Å². The van der Waals surface area contributed by atoms with Crippen molar-refractivity contribution in [1.29, 1.82) is 0 Å². The number of likely N-dealkylation sites (tertiary alicyclic amines) is 1. The molecule has 1 aromatic rings. The third kappa shape index (κ3) is 2.24. The number of fused-ring (bicyclic) bond motifs is 2. The molecule has 2 bridgehead atoms. The SMILES string of the molecule is C=CCOC1C2CCC1N(C(=O)c1cncc(C)c1)C2. The Bertz CT molecular complexity index is 529. The molecule has 0 radical (unpaired) electrons. The van der Waals surface area contributed by atoms with Gasteiger partial charge in [0.1, 0.15) is 0 Å². The van der Waals surface area contributed by atoms with Crippen molar-refractivity contribution >= 4 is 5.91 Å². The number of amides is 1. The van der Waals surface area contributed by atoms with Gasteiger partial charge in [0.15, 0.2) is 0 Å². The summed E-state index contributed by atoms with van der Waals surface area (Å²) < 4.78 is 5.85. The fourth-order valence-corrected chi connectivity index (χ4v) is 3.44. The highest BCUT2D eigenvalue weighted by Crippen LogP contribution is 2.40. The summed E-state index contributed by atoms with van der Waals surface area (Å²) in [6.07, 6.45) is 7.56. The van der Waals surface area contributed by atoms with Crippen molar-refractivity contribution in [2.75, 3.05) is 13.2 Å². The highest BCUT2D eigenvalue weighted by atomic mass is 16.5. The van der Waals surface area contributed by atoms with Crippen LogP contribution in [-0.2, 0) is 4.74 Å². The molecule has 0 aromatic carbocycles. The summed E-state index contributed by atoms with van der Waals surface area (Å²) in [5.74, 6) is 0.558. The van der Waals surface area contributed by atoms with Gasteiger partial charge in [0.25, 0.3) is 5.91 Å². The summed E-state index contributed by atoms with van der Waals surface area (Å²) in [5, 5.41) is 0. The molecule has 2 fully saturated rings. The molecule has 3 rings (SSSR count). The number of aryl methyl sites for hydroxylation is 1. The second kappa shape index (κ2) is 5.37. The van der Waals surface area contributed by atoms with Crippen LogP contribution in [0.4, 0.5) is 0 Å². The predicted molar refractivity (Wildman–Crippen MR) is 76.5 cm³/mol. The van der Waals surface area contributed by atoms with Crippen molar-refractivity contribution in [3.8, 4) is 0 Å². The van der Waals surface area contributed by atoms with E-state index in [1.807, 2.05) is 17.9 Å². The molecule has 1 aliphatic heterocycles. The zero-order chi connectivity index (χ0) is 14.1. The van der Waals surface area contributed by atoms with Gasteiger partial charge < -0.3 is 9.64 Å². The second-order valence-corrected chi connectivity index (χ2v) is 5.70. The molecular weight excluding hydrogens is 252 g/mol. The first-order valence-electron chi connectivity index (χ1n) is 7.16. The van der Waals surface area contributed by atoms with Crippen LogP contribution in [-0.4, -0.2) is 41.1 Å². The van der Waals surface area contributed by atoms with Crippen LogP contribution in [0, 0.1) is 12.8 Å². The lowest BCUT2D eigenvalue weighted by atomic mass is 10.1. The first-order chi connectivity index (χ1) is 9.70. The number of rotatable bonds is 4. The number of hydrogen-bond donors (Lipinski definition) is 0. The lowest BCUT2D eigenvalue weighted by Crippen LogP contribution is -2.40. The van der Waals surface area contributed by atoms with Crippen molar-refractivity contribution < 1.29 is 9.53 Å². The Labute approximate surface area is 119 Å². The fraction of sp³-hybridized carbons (Fsp3) is 0.500. The van der Waals surface area contributed by atoms with Crippen molar-refractivity contribution in [3.05, 3.63) is 42.2 Å². The van der Waals surface area contributed by atoms with Crippen molar-refractivity contribution in [2.45, 2.75) is 31.9 Å². The number of piperidine rings is 1. The zero-order valence-corrected chi connectivity index (χ0v) is 11.8. The van der Waals surface area contributed by atoms with Gasteiger partial charge in [0, 0.05) is 24.9 Å². The number of carbonyl (C=O) groups excluding carboxylic acids is 1. The van der Waals surface area contributed by atoms with Crippen molar-refractivity contribution in [1.82, 2.24) is 9.88 Å². The van der Waals surface area contributed by atoms with E-state index in [0.717, 1.165) is 24.9 Å². The molecule has 1 saturated heterocycles. The number of carbonyl (C=O) groups is 1. The van der Waals surface area contributed by atoms with E-state index in [1.54, 1.807) is 18.5 Å². The van der Waals surface area contributed by atoms with E-state index in [9.17, 15) is 4.79 Å². The Morgan fingerprint density at radius 2 is 2.40 bits per heavy atom. The number of nitrogens with zero attached hydrogens (tertiary/aromatic N) is 2. The van der Waals surface area contributed by atoms with Crippen LogP contribution in [0.3, 0.4) is 0 Å². The van der Waals surface area contributed by atoms with Gasteiger partial charge in [0.2, 0.25) is 0 Å². The van der Waals surface area contributed by atoms with E-state index in [2.05, 4.69) is 11.6 Å². The number of ether oxygens (including phenoxy) is 1. The van der Waals surface area contributed by atoms with Crippen molar-refractivity contribution in [2.24, 2.45) is 5.92 Å². The summed E-state index contributed by atoms with van der Waals surface area (Å²) in [6.45, 7) is 7.01. The van der Waals surface area contributed by atoms with Crippen molar-refractivity contribution in [3.63, 3.8) is 0 Å². The summed E-state index contributed by atoms with van der Waals surface area (Å²) in [5.41, 5.74) is 1.69. The molecular formula is C16H20N2O2. The maximum atomic E-state index is 12.6. The van der Waals surface area contributed by atoms with Gasteiger partial charge in [-0.2, -0.15) is 0 Å². The van der Waals surface area contributed by atoms with E-state index in [1.165, 1.54) is 0 Å². The standard InChI is InChI=1S/C16H20N2O2/c1-3-6-20-15-12-4-5-14(15)18(10-12)16(19)13-7-11(2)8-17-9-13/h3,7-9,12,14-15H,1,4-6,10H2,2H3. The van der Waals surface area contributed by atoms with Gasteiger partial charge in [-0.1, -0.05) is 6.08 Å². The van der Waals surface area contributed by atoms with E-state index in [4.69, 9.17) is 4.74 Å². The summed E-state index contributed by atoms with van der Waals surface area (Å²) >= 11 is 0. The molecule has 1 aromatic heterocycles. The molecule has 1 amide bonds.